The lowest BCUT2D eigenvalue weighted by Gasteiger charge is -2.34. The lowest BCUT2D eigenvalue weighted by atomic mass is 9.73. The average Bonchev–Trinajstić information content (AvgIpc) is 2.86. The highest BCUT2D eigenvalue weighted by molar-refractivity contribution is 7.09. The Balaban J connectivity index is 0.00000200. The minimum absolute atomic E-state index is 0. The van der Waals surface area contributed by atoms with Gasteiger partial charge < -0.3 is 11.1 Å². The van der Waals surface area contributed by atoms with Crippen molar-refractivity contribution in [3.63, 3.8) is 0 Å². The van der Waals surface area contributed by atoms with E-state index in [-0.39, 0.29) is 18.3 Å². The fourth-order valence-electron chi connectivity index (χ4n) is 2.50. The molecule has 2 rings (SSSR count). The van der Waals surface area contributed by atoms with Crippen molar-refractivity contribution in [2.75, 3.05) is 6.54 Å². The van der Waals surface area contributed by atoms with Crippen LogP contribution in [-0.2, 0) is 6.54 Å². The van der Waals surface area contributed by atoms with Crippen molar-refractivity contribution in [2.45, 2.75) is 46.1 Å². The Kier molecular flexibility index (Phi) is 6.43. The lowest BCUT2D eigenvalue weighted by molar-refractivity contribution is 0.0932. The summed E-state index contributed by atoms with van der Waals surface area (Å²) in [7, 11) is 0. The fourth-order valence-corrected chi connectivity index (χ4v) is 3.15. The van der Waals surface area contributed by atoms with Gasteiger partial charge in [-0.2, -0.15) is 0 Å². The van der Waals surface area contributed by atoms with Gasteiger partial charge in [0.1, 0.15) is 10.7 Å². The van der Waals surface area contributed by atoms with Gasteiger partial charge in [0, 0.05) is 18.5 Å². The summed E-state index contributed by atoms with van der Waals surface area (Å²) in [5.41, 5.74) is 6.47. The monoisotopic (exact) mass is 317 g/mol. The number of amides is 1. The van der Waals surface area contributed by atoms with Crippen LogP contribution in [0.2, 0.25) is 0 Å². The number of thiazole rings is 1. The van der Waals surface area contributed by atoms with Gasteiger partial charge in [-0.25, -0.2) is 4.98 Å². The maximum atomic E-state index is 11.9. The molecule has 114 valence electrons. The topological polar surface area (TPSA) is 68.0 Å². The number of nitrogens with zero attached hydrogens (tertiary/aromatic N) is 1. The average molecular weight is 318 g/mol. The van der Waals surface area contributed by atoms with E-state index in [0.717, 1.165) is 11.6 Å². The van der Waals surface area contributed by atoms with E-state index in [1.54, 1.807) is 5.38 Å². The van der Waals surface area contributed by atoms with Crippen LogP contribution in [0.5, 0.6) is 0 Å². The second-order valence-corrected chi connectivity index (χ2v) is 7.09. The Bertz CT molecular complexity index is 437. The highest BCUT2D eigenvalue weighted by atomic mass is 35.5. The molecule has 4 nitrogen and oxygen atoms in total. The Morgan fingerprint density at radius 3 is 2.70 bits per heavy atom. The van der Waals surface area contributed by atoms with Gasteiger partial charge >= 0.3 is 0 Å². The molecule has 1 aliphatic carbocycles. The van der Waals surface area contributed by atoms with Gasteiger partial charge in [0.25, 0.3) is 5.91 Å². The molecule has 1 aliphatic rings. The third-order valence-corrected chi connectivity index (χ3v) is 4.84. The van der Waals surface area contributed by atoms with Crippen LogP contribution in [0.3, 0.4) is 0 Å². The smallest absolute Gasteiger partial charge is 0.270 e. The predicted molar refractivity (Wildman–Crippen MR) is 85.3 cm³/mol. The van der Waals surface area contributed by atoms with Gasteiger partial charge in [0.15, 0.2) is 0 Å². The summed E-state index contributed by atoms with van der Waals surface area (Å²) in [5.74, 6) is 0.547. The van der Waals surface area contributed by atoms with E-state index in [1.165, 1.54) is 37.0 Å². The summed E-state index contributed by atoms with van der Waals surface area (Å²) in [6, 6.07) is 0. The molecule has 6 heteroatoms. The van der Waals surface area contributed by atoms with Gasteiger partial charge in [-0.15, -0.1) is 23.7 Å². The Hall–Kier alpha value is -0.650. The highest BCUT2D eigenvalue weighted by Gasteiger charge is 2.27. The quantitative estimate of drug-likeness (QED) is 0.897. The number of nitrogens with two attached hydrogens (primary N) is 1. The van der Waals surface area contributed by atoms with Crippen LogP contribution in [-0.4, -0.2) is 17.4 Å². The maximum Gasteiger partial charge on any atom is 0.270 e. The molecule has 3 N–H and O–H groups in total. The van der Waals surface area contributed by atoms with Gasteiger partial charge in [-0.1, -0.05) is 13.8 Å². The number of aromatic nitrogens is 1. The normalized spacial score (nSPS) is 18.4. The molecule has 1 fully saturated rings. The first-order valence-electron chi connectivity index (χ1n) is 6.93. The fraction of sp³-hybridized carbons (Fsp3) is 0.714. The predicted octanol–water partition coefficient (Wildman–Crippen LogP) is 2.97. The summed E-state index contributed by atoms with van der Waals surface area (Å²) in [4.78, 5) is 16.1. The first-order chi connectivity index (χ1) is 9.00. The van der Waals surface area contributed by atoms with E-state index in [4.69, 9.17) is 5.73 Å². The highest BCUT2D eigenvalue weighted by Crippen LogP contribution is 2.37. The van der Waals surface area contributed by atoms with Crippen LogP contribution in [0.1, 0.15) is 55.0 Å². The van der Waals surface area contributed by atoms with Crippen molar-refractivity contribution in [1.29, 1.82) is 0 Å². The number of carbonyl (C=O) groups is 1. The third kappa shape index (κ3) is 4.72. The van der Waals surface area contributed by atoms with E-state index >= 15 is 0 Å². The molecule has 0 radical (unpaired) electrons. The molecular formula is C14H24ClN3OS. The SMILES string of the molecule is CC1(C)CCC(CNC(=O)c2csc(CN)n2)CC1.Cl. The van der Waals surface area contributed by atoms with Gasteiger partial charge in [-0.3, -0.25) is 4.79 Å². The van der Waals surface area contributed by atoms with Crippen molar-refractivity contribution in [3.8, 4) is 0 Å². The first kappa shape index (κ1) is 17.4. The standard InChI is InChI=1S/C14H23N3OS.ClH/c1-14(2)5-3-10(4-6-14)8-16-13(18)11-9-19-12(7-15)17-11;/h9-10H,3-8,15H2,1-2H3,(H,16,18);1H. The van der Waals surface area contributed by atoms with Crippen LogP contribution in [0.25, 0.3) is 0 Å². The molecule has 1 aromatic rings. The molecule has 1 aromatic heterocycles. The summed E-state index contributed by atoms with van der Waals surface area (Å²) in [5, 5.41) is 5.59. The maximum absolute atomic E-state index is 11.9. The van der Waals surface area contributed by atoms with Crippen molar-refractivity contribution in [1.82, 2.24) is 10.3 Å². The number of hydrogen-bond donors (Lipinski definition) is 2. The van der Waals surface area contributed by atoms with Crippen LogP contribution in [0.4, 0.5) is 0 Å². The van der Waals surface area contributed by atoms with E-state index in [2.05, 4.69) is 24.1 Å². The number of hydrogen-bond acceptors (Lipinski definition) is 4. The Labute approximate surface area is 131 Å². The minimum Gasteiger partial charge on any atom is -0.350 e. The first-order valence-corrected chi connectivity index (χ1v) is 7.81. The Morgan fingerprint density at radius 2 is 2.15 bits per heavy atom. The second kappa shape index (κ2) is 7.38. The van der Waals surface area contributed by atoms with Gasteiger partial charge in [-0.05, 0) is 37.0 Å². The lowest BCUT2D eigenvalue weighted by Crippen LogP contribution is -2.33. The van der Waals surface area contributed by atoms with E-state index in [1.807, 2.05) is 0 Å². The molecule has 0 atom stereocenters. The zero-order valence-electron chi connectivity index (χ0n) is 12.1. The largest absolute Gasteiger partial charge is 0.350 e. The molecule has 1 saturated carbocycles. The van der Waals surface area contributed by atoms with Crippen LogP contribution in [0.15, 0.2) is 5.38 Å². The number of nitrogens with one attached hydrogen (secondary N) is 1. The van der Waals surface area contributed by atoms with E-state index in [0.29, 0.717) is 23.6 Å². The molecule has 20 heavy (non-hydrogen) atoms. The number of rotatable bonds is 4. The molecule has 1 heterocycles. The van der Waals surface area contributed by atoms with Crippen molar-refractivity contribution >= 4 is 29.7 Å². The van der Waals surface area contributed by atoms with Gasteiger partial charge in [0.05, 0.1) is 0 Å². The molecule has 0 saturated heterocycles. The summed E-state index contributed by atoms with van der Waals surface area (Å²) < 4.78 is 0. The number of halogens is 1. The minimum atomic E-state index is -0.0687. The third-order valence-electron chi connectivity index (χ3n) is 3.97. The molecule has 0 unspecified atom stereocenters. The molecule has 0 aliphatic heterocycles. The van der Waals surface area contributed by atoms with E-state index in [9.17, 15) is 4.79 Å². The molecular weight excluding hydrogens is 294 g/mol. The molecule has 1 amide bonds. The summed E-state index contributed by atoms with van der Waals surface area (Å²) in [6.07, 6.45) is 4.92. The van der Waals surface area contributed by atoms with Crippen molar-refractivity contribution in [3.05, 3.63) is 16.1 Å². The van der Waals surface area contributed by atoms with E-state index < -0.39 is 0 Å². The Morgan fingerprint density at radius 1 is 1.50 bits per heavy atom. The van der Waals surface area contributed by atoms with Crippen LogP contribution >= 0.6 is 23.7 Å². The van der Waals surface area contributed by atoms with Crippen LogP contribution in [0, 0.1) is 11.3 Å². The summed E-state index contributed by atoms with van der Waals surface area (Å²) in [6.45, 7) is 5.82. The molecule has 0 aromatic carbocycles. The summed E-state index contributed by atoms with van der Waals surface area (Å²) >= 11 is 1.44. The van der Waals surface area contributed by atoms with Crippen molar-refractivity contribution in [2.24, 2.45) is 17.1 Å². The van der Waals surface area contributed by atoms with Crippen LogP contribution < -0.4 is 11.1 Å². The van der Waals surface area contributed by atoms with Gasteiger partial charge in [0.2, 0.25) is 0 Å². The zero-order valence-corrected chi connectivity index (χ0v) is 13.8. The zero-order chi connectivity index (χ0) is 13.9. The molecule has 0 bridgehead atoms. The molecule has 0 spiro atoms. The van der Waals surface area contributed by atoms with Crippen molar-refractivity contribution < 1.29 is 4.79 Å². The second-order valence-electron chi connectivity index (χ2n) is 6.15. The number of carbonyl (C=O) groups excluding carboxylic acids is 1.